The summed E-state index contributed by atoms with van der Waals surface area (Å²) in [4.78, 5) is 74.6. The number of aliphatic hydroxyl groups excluding tert-OH is 2. The number of aliphatic hydroxyl groups is 2. The van der Waals surface area contributed by atoms with Crippen molar-refractivity contribution < 1.29 is 38.9 Å². The summed E-state index contributed by atoms with van der Waals surface area (Å²) in [5.74, 6) is -0.371. The van der Waals surface area contributed by atoms with Crippen LogP contribution in [0.5, 0.6) is 0 Å². The van der Waals surface area contributed by atoms with Crippen LogP contribution in [0.1, 0.15) is 126 Å². The number of ketones is 2. The Morgan fingerprint density at radius 3 is 1.52 bits per heavy atom. The van der Waals surface area contributed by atoms with Gasteiger partial charge < -0.3 is 30.5 Å². The van der Waals surface area contributed by atoms with Crippen molar-refractivity contribution in [2.24, 2.45) is 15.7 Å². The number of ether oxygens (including phenoxy) is 1. The second-order valence-corrected chi connectivity index (χ2v) is 14.8. The van der Waals surface area contributed by atoms with Crippen LogP contribution in [0.4, 0.5) is 16.2 Å². The van der Waals surface area contributed by atoms with Crippen LogP contribution in [-0.2, 0) is 14.3 Å². The van der Waals surface area contributed by atoms with Gasteiger partial charge in [0.25, 0.3) is 0 Å². The highest BCUT2D eigenvalue weighted by Crippen LogP contribution is 2.30. The van der Waals surface area contributed by atoms with Crippen LogP contribution in [0.15, 0.2) is 57.5 Å². The zero-order valence-corrected chi connectivity index (χ0v) is 34.3. The molecular weight excluding hydrogens is 741 g/mol. The quantitative estimate of drug-likeness (QED) is 0.149. The summed E-state index contributed by atoms with van der Waals surface area (Å²) in [6, 6.07) is 9.79. The molecule has 4 rings (SSSR count). The Bertz CT molecular complexity index is 1910. The van der Waals surface area contributed by atoms with Crippen LogP contribution in [0.25, 0.3) is 12.2 Å². The molecule has 0 saturated carbocycles. The average molecular weight is 803 g/mol. The predicted molar refractivity (Wildman–Crippen MR) is 230 cm³/mol. The number of amides is 3. The second kappa shape index (κ2) is 23.1. The van der Waals surface area contributed by atoms with E-state index in [0.717, 1.165) is 31.2 Å². The van der Waals surface area contributed by atoms with E-state index in [2.05, 4.69) is 15.3 Å². The number of amidine groups is 2. The molecule has 2 aliphatic heterocycles. The van der Waals surface area contributed by atoms with Crippen molar-refractivity contribution in [2.45, 2.75) is 100 Å². The Hall–Kier alpha value is -5.47. The van der Waals surface area contributed by atoms with E-state index in [1.54, 1.807) is 74.2 Å². The summed E-state index contributed by atoms with van der Waals surface area (Å²) >= 11 is 0. The lowest BCUT2D eigenvalue weighted by molar-refractivity contribution is -0.128. The first-order valence-electron chi connectivity index (χ1n) is 19.5. The van der Waals surface area contributed by atoms with Crippen molar-refractivity contribution in [2.75, 3.05) is 39.4 Å². The lowest BCUT2D eigenvalue weighted by Crippen LogP contribution is -2.38. The van der Waals surface area contributed by atoms with Crippen molar-refractivity contribution in [1.29, 1.82) is 0 Å². The van der Waals surface area contributed by atoms with Gasteiger partial charge in [-0.15, -0.1) is 0 Å². The minimum atomic E-state index is -0.693. The third-order valence-corrected chi connectivity index (χ3v) is 8.64. The number of carbonyl (C=O) groups is 5. The molecule has 14 heteroatoms. The minimum Gasteiger partial charge on any atom is -0.444 e. The Kier molecular flexibility index (Phi) is 19.4. The summed E-state index contributed by atoms with van der Waals surface area (Å²) in [5.41, 5.74) is 9.41. The molecule has 58 heavy (non-hydrogen) atoms. The molecule has 3 amide bonds. The summed E-state index contributed by atoms with van der Waals surface area (Å²) in [5, 5.41) is 20.8. The summed E-state index contributed by atoms with van der Waals surface area (Å²) in [6.45, 7) is 14.9. The van der Waals surface area contributed by atoms with E-state index in [9.17, 15) is 29.1 Å². The van der Waals surface area contributed by atoms with Gasteiger partial charge in [0.2, 0.25) is 11.8 Å². The third kappa shape index (κ3) is 14.2. The molecule has 0 unspecified atom stereocenters. The van der Waals surface area contributed by atoms with E-state index in [-0.39, 0.29) is 43.7 Å². The molecule has 0 atom stereocenters. The number of fused-ring (bicyclic) bond motifs is 2. The van der Waals surface area contributed by atoms with E-state index in [1.165, 1.54) is 0 Å². The number of nitrogens with zero attached hydrogens (tertiary/aromatic N) is 4. The van der Waals surface area contributed by atoms with Gasteiger partial charge in [-0.3, -0.25) is 24.5 Å². The molecule has 0 radical (unpaired) electrons. The number of nitrogens with one attached hydrogen (secondary N) is 1. The van der Waals surface area contributed by atoms with Crippen molar-refractivity contribution in [1.82, 2.24) is 15.1 Å². The number of carbonyl (C=O) groups excluding carboxylic acids is 5. The fraction of sp³-hybridized carbons (Fsp3) is 0.477. The number of nitrogens with two attached hydrogens (primary N) is 1. The second-order valence-electron chi connectivity index (χ2n) is 14.8. The van der Waals surface area contributed by atoms with Crippen molar-refractivity contribution in [3.05, 3.63) is 69.8 Å². The van der Waals surface area contributed by atoms with E-state index >= 15 is 0 Å². The zero-order valence-electron chi connectivity index (χ0n) is 34.3. The number of rotatable bonds is 14. The van der Waals surface area contributed by atoms with Crippen molar-refractivity contribution >= 4 is 64.7 Å². The molecule has 0 aromatic heterocycles. The van der Waals surface area contributed by atoms with E-state index < -0.39 is 30.7 Å². The Morgan fingerprint density at radius 2 is 1.12 bits per heavy atom. The van der Waals surface area contributed by atoms with Gasteiger partial charge in [-0.2, -0.15) is 0 Å². The van der Waals surface area contributed by atoms with Crippen LogP contribution in [0.3, 0.4) is 0 Å². The Balaban J connectivity index is 0.000000405. The topological polar surface area (TPSA) is 204 Å². The van der Waals surface area contributed by atoms with Gasteiger partial charge in [-0.1, -0.05) is 59.4 Å². The maximum Gasteiger partial charge on any atom is 0.413 e. The first-order valence-corrected chi connectivity index (χ1v) is 19.5. The lowest BCUT2D eigenvalue weighted by Gasteiger charge is -2.23. The fourth-order valence-corrected chi connectivity index (χ4v) is 6.17. The molecular formula is C44H62N6O8. The Morgan fingerprint density at radius 1 is 0.707 bits per heavy atom. The van der Waals surface area contributed by atoms with Gasteiger partial charge in [-0.05, 0) is 70.7 Å². The number of benzene rings is 2. The maximum atomic E-state index is 13.3. The van der Waals surface area contributed by atoms with Crippen molar-refractivity contribution in [3.8, 4) is 0 Å². The SMILES string of the molecule is C.CCCN(CCC)C(=O)C1=Cc2ccc(C(=O)CO)cc2N=C(N)C1.CCCN(CCC)C(=O)C1=Cc2ccc(C(=O)CO)cc2N=C(NC(=O)OC(C)(C)C)C1. The fourth-order valence-electron chi connectivity index (χ4n) is 6.17. The van der Waals surface area contributed by atoms with Crippen LogP contribution in [-0.4, -0.2) is 106 Å². The molecule has 2 aliphatic rings. The standard InChI is InChI=1S/C24H33N3O5.C19H25N3O3.CH4/c1-6-10-27(11-7-2)22(30)18-12-16-8-9-17(20(29)15-28)13-19(16)25-21(14-18)26-23(31)32-24(3,4)5;1-3-7-22(8-4-2)19(25)15-9-13-5-6-14(17(24)12-23)10-16(13)21-18(20)11-15;/h8-9,12-13,28H,6-7,10-11,14-15H2,1-5H3,(H,25,26,31);5-6,9-10,23H,3-4,7-8,11-12H2,1-2H3,(H2,20,21);1H4. The molecule has 0 saturated heterocycles. The van der Waals surface area contributed by atoms with Gasteiger partial charge >= 0.3 is 6.09 Å². The highest BCUT2D eigenvalue weighted by atomic mass is 16.6. The van der Waals surface area contributed by atoms with Gasteiger partial charge in [0.15, 0.2) is 11.6 Å². The third-order valence-electron chi connectivity index (χ3n) is 8.64. The summed E-state index contributed by atoms with van der Waals surface area (Å²) in [7, 11) is 0. The smallest absolute Gasteiger partial charge is 0.413 e. The molecule has 0 bridgehead atoms. The van der Waals surface area contributed by atoms with Gasteiger partial charge in [-0.25, -0.2) is 14.8 Å². The molecule has 0 fully saturated rings. The van der Waals surface area contributed by atoms with Crippen molar-refractivity contribution in [3.63, 3.8) is 0 Å². The van der Waals surface area contributed by atoms with E-state index in [1.807, 2.05) is 32.6 Å². The highest BCUT2D eigenvalue weighted by molar-refractivity contribution is 6.09. The maximum absolute atomic E-state index is 13.3. The monoisotopic (exact) mass is 802 g/mol. The number of hydrogen-bond donors (Lipinski definition) is 4. The van der Waals surface area contributed by atoms with E-state index in [4.69, 9.17) is 15.6 Å². The molecule has 2 aromatic rings. The van der Waals surface area contributed by atoms with Gasteiger partial charge in [0, 0.05) is 72.4 Å². The van der Waals surface area contributed by atoms with Gasteiger partial charge in [0.05, 0.1) is 11.4 Å². The average Bonchev–Trinajstić information content (AvgIpc) is 3.45. The van der Waals surface area contributed by atoms with Gasteiger partial charge in [0.1, 0.15) is 30.5 Å². The number of aliphatic imine (C=N–C) groups is 2. The predicted octanol–water partition coefficient (Wildman–Crippen LogP) is 6.77. The normalized spacial score (nSPS) is 13.1. The minimum absolute atomic E-state index is 0. The molecule has 14 nitrogen and oxygen atoms in total. The summed E-state index contributed by atoms with van der Waals surface area (Å²) < 4.78 is 5.34. The molecule has 5 N–H and O–H groups in total. The first-order chi connectivity index (χ1) is 27.1. The first kappa shape index (κ1) is 48.7. The molecule has 0 spiro atoms. The van der Waals surface area contributed by atoms with Crippen LogP contribution < -0.4 is 11.1 Å². The van der Waals surface area contributed by atoms with E-state index in [0.29, 0.717) is 71.2 Å². The number of alkyl carbamates (subject to hydrolysis) is 1. The molecule has 2 aromatic carbocycles. The highest BCUT2D eigenvalue weighted by Gasteiger charge is 2.25. The van der Waals surface area contributed by atoms with Crippen LogP contribution in [0, 0.1) is 0 Å². The van der Waals surface area contributed by atoms with Crippen LogP contribution >= 0.6 is 0 Å². The number of hydrogen-bond acceptors (Lipinski definition) is 11. The zero-order chi connectivity index (χ0) is 42.3. The molecule has 316 valence electrons. The lowest BCUT2D eigenvalue weighted by atomic mass is 10.0. The largest absolute Gasteiger partial charge is 0.444 e. The summed E-state index contributed by atoms with van der Waals surface area (Å²) in [6.07, 6.45) is 6.72. The Labute approximate surface area is 342 Å². The molecule has 0 aliphatic carbocycles. The molecule has 2 heterocycles. The van der Waals surface area contributed by atoms with Crippen LogP contribution in [0.2, 0.25) is 0 Å². The number of Topliss-reactive ketones (excluding diaryl/α,β-unsaturated/α-hetero) is 2.